The molecule has 1 amide bonds. The third-order valence-electron chi connectivity index (χ3n) is 8.90. The molecule has 43 heavy (non-hydrogen) atoms. The molecule has 1 fully saturated rings. The number of nitrogens with zero attached hydrogens (tertiary/aromatic N) is 1. The molecule has 5 rings (SSSR count). The van der Waals surface area contributed by atoms with E-state index in [0.717, 1.165) is 24.0 Å². The Morgan fingerprint density at radius 1 is 0.814 bits per heavy atom. The summed E-state index contributed by atoms with van der Waals surface area (Å²) in [5.41, 5.74) is 2.22. The second-order valence-corrected chi connectivity index (χ2v) is 17.7. The molecule has 0 bridgehead atoms. The van der Waals surface area contributed by atoms with Crippen LogP contribution in [0.15, 0.2) is 109 Å². The minimum absolute atomic E-state index is 0.0968. The topological polar surface area (TPSA) is 29.5 Å². The van der Waals surface area contributed by atoms with Gasteiger partial charge >= 0.3 is 0 Å². The summed E-state index contributed by atoms with van der Waals surface area (Å²) in [4.78, 5) is 16.1. The van der Waals surface area contributed by atoms with Gasteiger partial charge in [-0.05, 0) is 63.6 Å². The van der Waals surface area contributed by atoms with Crippen LogP contribution in [0.2, 0.25) is 15.1 Å². The van der Waals surface area contributed by atoms with Crippen molar-refractivity contribution >= 4 is 47.8 Å². The van der Waals surface area contributed by atoms with Gasteiger partial charge in [-0.1, -0.05) is 136 Å². The van der Waals surface area contributed by atoms with Gasteiger partial charge in [0.2, 0.25) is 5.91 Å². The number of carbonyl (C=O) groups is 1. The van der Waals surface area contributed by atoms with Crippen LogP contribution in [-0.4, -0.2) is 31.8 Å². The molecule has 0 aromatic heterocycles. The van der Waals surface area contributed by atoms with Crippen LogP contribution in [0.25, 0.3) is 0 Å². The summed E-state index contributed by atoms with van der Waals surface area (Å²) in [5, 5.41) is 3.70. The fourth-order valence-electron chi connectivity index (χ4n) is 6.86. The molecule has 4 aromatic carbocycles. The first-order chi connectivity index (χ1) is 20.7. The molecule has 1 aliphatic rings. The Labute approximate surface area is 267 Å². The highest BCUT2D eigenvalue weighted by Gasteiger charge is 2.51. The average molecular weight is 631 g/mol. The number of hydrogen-bond acceptors (Lipinski definition) is 2. The van der Waals surface area contributed by atoms with Gasteiger partial charge in [0.05, 0.1) is 18.7 Å². The quantitative estimate of drug-likeness (QED) is 0.173. The van der Waals surface area contributed by atoms with Crippen molar-refractivity contribution in [1.29, 1.82) is 0 Å². The molecular formula is C37H41Cl2NO2Si. The maximum atomic E-state index is 14.0. The van der Waals surface area contributed by atoms with E-state index in [4.69, 9.17) is 27.6 Å². The molecule has 1 aliphatic heterocycles. The largest absolute Gasteiger partial charge is 0.405 e. The Kier molecular flexibility index (Phi) is 9.82. The van der Waals surface area contributed by atoms with Gasteiger partial charge in [-0.25, -0.2) is 0 Å². The molecule has 4 aromatic rings. The van der Waals surface area contributed by atoms with E-state index in [0.29, 0.717) is 23.1 Å². The average Bonchev–Trinajstić information content (AvgIpc) is 3.00. The second-order valence-electron chi connectivity index (χ2n) is 12.5. The number of carbonyl (C=O) groups excluding carboxylic acids is 1. The van der Waals surface area contributed by atoms with Crippen LogP contribution in [0, 0.1) is 0 Å². The first kappa shape index (κ1) is 31.5. The van der Waals surface area contributed by atoms with Crippen molar-refractivity contribution < 1.29 is 9.22 Å². The van der Waals surface area contributed by atoms with E-state index in [9.17, 15) is 4.79 Å². The van der Waals surface area contributed by atoms with Crippen molar-refractivity contribution in [2.75, 3.05) is 6.61 Å². The van der Waals surface area contributed by atoms with Crippen LogP contribution in [0.3, 0.4) is 0 Å². The molecule has 224 valence electrons. The Hall–Kier alpha value is -2.89. The molecular weight excluding hydrogens is 589 g/mol. The molecule has 3 atom stereocenters. The highest BCUT2D eigenvalue weighted by molar-refractivity contribution is 6.99. The van der Waals surface area contributed by atoms with Gasteiger partial charge in [0.25, 0.3) is 8.32 Å². The second kappa shape index (κ2) is 13.4. The van der Waals surface area contributed by atoms with Crippen LogP contribution < -0.4 is 10.4 Å². The van der Waals surface area contributed by atoms with E-state index in [2.05, 4.69) is 111 Å². The van der Waals surface area contributed by atoms with Crippen LogP contribution in [0.5, 0.6) is 0 Å². The van der Waals surface area contributed by atoms with Gasteiger partial charge < -0.3 is 9.33 Å². The maximum absolute atomic E-state index is 14.0. The molecule has 1 heterocycles. The summed E-state index contributed by atoms with van der Waals surface area (Å²) in [6.07, 6.45) is 2.02. The molecule has 0 radical (unpaired) electrons. The number of amides is 1. The summed E-state index contributed by atoms with van der Waals surface area (Å²) in [7, 11) is -2.78. The van der Waals surface area contributed by atoms with Crippen LogP contribution >= 0.6 is 23.2 Å². The third-order valence-corrected chi connectivity index (χ3v) is 14.4. The van der Waals surface area contributed by atoms with Crippen molar-refractivity contribution in [2.24, 2.45) is 0 Å². The molecule has 6 heteroatoms. The summed E-state index contributed by atoms with van der Waals surface area (Å²) in [6.45, 7) is 9.48. The molecule has 0 spiro atoms. The Morgan fingerprint density at radius 2 is 1.42 bits per heavy atom. The zero-order chi connectivity index (χ0) is 30.6. The Morgan fingerprint density at radius 3 is 1.95 bits per heavy atom. The smallest absolute Gasteiger partial charge is 0.261 e. The first-order valence-corrected chi connectivity index (χ1v) is 17.9. The van der Waals surface area contributed by atoms with Crippen molar-refractivity contribution in [3.8, 4) is 0 Å². The Balaban J connectivity index is 1.58. The van der Waals surface area contributed by atoms with E-state index in [-0.39, 0.29) is 28.9 Å². The highest BCUT2D eigenvalue weighted by atomic mass is 35.5. The summed E-state index contributed by atoms with van der Waals surface area (Å²) < 4.78 is 7.39. The number of piperidine rings is 1. The molecule has 1 unspecified atom stereocenters. The fraction of sp³-hybridized carbons (Fsp3) is 0.324. The van der Waals surface area contributed by atoms with E-state index in [1.807, 2.05) is 30.3 Å². The zero-order valence-electron chi connectivity index (χ0n) is 25.5. The highest BCUT2D eigenvalue weighted by Crippen LogP contribution is 2.45. The normalized spacial score (nSPS) is 18.5. The molecule has 0 saturated carbocycles. The predicted octanol–water partition coefficient (Wildman–Crippen LogP) is 8.80. The van der Waals surface area contributed by atoms with Gasteiger partial charge in [-0.15, -0.1) is 0 Å². The van der Waals surface area contributed by atoms with E-state index in [1.54, 1.807) is 0 Å². The lowest BCUT2D eigenvalue weighted by Crippen LogP contribution is -2.67. The molecule has 3 nitrogen and oxygen atoms in total. The lowest BCUT2D eigenvalue weighted by molar-refractivity contribution is -0.142. The van der Waals surface area contributed by atoms with Gasteiger partial charge in [0.15, 0.2) is 0 Å². The van der Waals surface area contributed by atoms with Gasteiger partial charge in [-0.3, -0.25) is 4.79 Å². The maximum Gasteiger partial charge on any atom is 0.261 e. The van der Waals surface area contributed by atoms with Crippen molar-refractivity contribution in [1.82, 2.24) is 4.90 Å². The van der Waals surface area contributed by atoms with Crippen molar-refractivity contribution in [2.45, 2.75) is 70.0 Å². The number of likely N-dealkylation sites (tertiary alicyclic amines) is 1. The number of rotatable bonds is 9. The minimum Gasteiger partial charge on any atom is -0.405 e. The van der Waals surface area contributed by atoms with Crippen molar-refractivity contribution in [3.05, 3.63) is 130 Å². The number of halogens is 2. The molecule has 0 aliphatic carbocycles. The lowest BCUT2D eigenvalue weighted by atomic mass is 9.79. The van der Waals surface area contributed by atoms with Crippen molar-refractivity contribution in [3.63, 3.8) is 0 Å². The summed E-state index contributed by atoms with van der Waals surface area (Å²) in [6, 6.07) is 37.1. The fourth-order valence-corrected chi connectivity index (χ4v) is 11.8. The standard InChI is InChI=1S/C37H41Cl2NO2Si/c1-5-31(26-42-43(37(2,3)4,32-15-8-6-9-16-32)33-17-10-7-11-18-33)40-35(41)24-23-34(28-13-12-14-30(39)25-28)36(40)27-19-21-29(38)22-20-27/h6-22,25,31,34,36H,5,23-24,26H2,1-4H3/t31?,34-,36-/m1/s1. The molecule has 0 N–H and O–H groups in total. The minimum atomic E-state index is -2.78. The number of hydrogen-bond donors (Lipinski definition) is 0. The summed E-state index contributed by atoms with van der Waals surface area (Å²) >= 11 is 12.8. The Bertz CT molecular complexity index is 1470. The van der Waals surface area contributed by atoms with E-state index in [1.165, 1.54) is 10.4 Å². The predicted molar refractivity (Wildman–Crippen MR) is 182 cm³/mol. The third kappa shape index (κ3) is 6.49. The van der Waals surface area contributed by atoms with E-state index >= 15 is 0 Å². The van der Waals surface area contributed by atoms with Gasteiger partial charge in [-0.2, -0.15) is 0 Å². The monoisotopic (exact) mass is 629 g/mol. The van der Waals surface area contributed by atoms with Crippen LogP contribution in [0.4, 0.5) is 0 Å². The van der Waals surface area contributed by atoms with Gasteiger partial charge in [0.1, 0.15) is 0 Å². The van der Waals surface area contributed by atoms with Gasteiger partial charge in [0, 0.05) is 22.4 Å². The molecule has 1 saturated heterocycles. The van der Waals surface area contributed by atoms with E-state index < -0.39 is 8.32 Å². The van der Waals surface area contributed by atoms with Crippen LogP contribution in [0.1, 0.15) is 70.0 Å². The van der Waals surface area contributed by atoms with Crippen LogP contribution in [-0.2, 0) is 9.22 Å². The lowest BCUT2D eigenvalue weighted by Gasteiger charge is -2.48. The number of benzene rings is 4. The first-order valence-electron chi connectivity index (χ1n) is 15.2. The SMILES string of the molecule is CCC(CO[Si](c1ccccc1)(c1ccccc1)C(C)(C)C)N1C(=O)CC[C@H](c2cccc(Cl)c2)[C@H]1c1ccc(Cl)cc1. The summed E-state index contributed by atoms with van der Waals surface area (Å²) in [5.74, 6) is 0.260. The zero-order valence-corrected chi connectivity index (χ0v) is 28.0.